The van der Waals surface area contributed by atoms with E-state index in [1.807, 2.05) is 13.8 Å². The molecule has 1 aliphatic rings. The first-order valence-electron chi connectivity index (χ1n) is 6.17. The highest BCUT2D eigenvalue weighted by Gasteiger charge is 2.41. The van der Waals surface area contributed by atoms with Crippen LogP contribution in [0.25, 0.3) is 0 Å². The Morgan fingerprint density at radius 2 is 1.81 bits per heavy atom. The Hall–Kier alpha value is 0.0569. The van der Waals surface area contributed by atoms with Crippen LogP contribution in [0.1, 0.15) is 27.2 Å². The summed E-state index contributed by atoms with van der Waals surface area (Å²) in [5.74, 6) is 0. The summed E-state index contributed by atoms with van der Waals surface area (Å²) in [6, 6.07) is 0. The van der Waals surface area contributed by atoms with Gasteiger partial charge in [0, 0.05) is 13.2 Å². The lowest BCUT2D eigenvalue weighted by molar-refractivity contribution is 0.0390. The van der Waals surface area contributed by atoms with Crippen LogP contribution in [0, 0.1) is 0 Å². The van der Waals surface area contributed by atoms with Gasteiger partial charge in [-0.1, -0.05) is 6.92 Å². The molecule has 0 amide bonds. The molecule has 0 spiro atoms. The summed E-state index contributed by atoms with van der Waals surface area (Å²) in [6.07, 6.45) is 1.23. The molecule has 16 heavy (non-hydrogen) atoms. The maximum absolute atomic E-state index is 5.87. The molecule has 0 radical (unpaired) electrons. The molecule has 1 fully saturated rings. The lowest BCUT2D eigenvalue weighted by Crippen LogP contribution is -2.52. The summed E-state index contributed by atoms with van der Waals surface area (Å²) in [4.78, 5) is 0. The molecule has 0 aliphatic carbocycles. The van der Waals surface area contributed by atoms with Crippen LogP contribution in [0.2, 0.25) is 6.55 Å². The third-order valence-corrected chi connectivity index (χ3v) is 6.17. The number of rotatable bonds is 9. The van der Waals surface area contributed by atoms with Gasteiger partial charge in [-0.05, 0) is 26.8 Å². The van der Waals surface area contributed by atoms with Crippen LogP contribution in [-0.4, -0.2) is 46.8 Å². The zero-order valence-electron chi connectivity index (χ0n) is 10.8. The Bertz CT molecular complexity index is 190. The minimum absolute atomic E-state index is 0.0941. The third kappa shape index (κ3) is 4.14. The molecule has 96 valence electrons. The van der Waals surface area contributed by atoms with Crippen LogP contribution in [0.3, 0.4) is 0 Å². The highest BCUT2D eigenvalue weighted by Crippen LogP contribution is 2.20. The van der Waals surface area contributed by atoms with Crippen LogP contribution in [-0.2, 0) is 18.3 Å². The minimum Gasteiger partial charge on any atom is -0.393 e. The van der Waals surface area contributed by atoms with E-state index in [9.17, 15) is 0 Å². The van der Waals surface area contributed by atoms with Gasteiger partial charge in [0.05, 0.1) is 13.2 Å². The molecule has 0 aromatic rings. The fourth-order valence-electron chi connectivity index (χ4n) is 1.83. The first-order chi connectivity index (χ1) is 7.66. The van der Waals surface area contributed by atoms with Crippen molar-refractivity contribution in [2.45, 2.75) is 45.6 Å². The largest absolute Gasteiger partial charge is 0.393 e. The number of hydrogen-bond donors (Lipinski definition) is 0. The van der Waals surface area contributed by atoms with E-state index < -0.39 is 8.56 Å². The molecule has 0 saturated carbocycles. The van der Waals surface area contributed by atoms with E-state index in [-0.39, 0.29) is 5.73 Å². The minimum atomic E-state index is -2.20. The zero-order chi connectivity index (χ0) is 12.0. The van der Waals surface area contributed by atoms with Gasteiger partial charge in [-0.25, -0.2) is 0 Å². The van der Waals surface area contributed by atoms with Crippen molar-refractivity contribution >= 4 is 8.56 Å². The van der Waals surface area contributed by atoms with Crippen molar-refractivity contribution in [3.05, 3.63) is 0 Å². The molecule has 2 unspecified atom stereocenters. The molecule has 1 heterocycles. The number of hydrogen-bond acceptors (Lipinski definition) is 4. The van der Waals surface area contributed by atoms with Gasteiger partial charge in [-0.15, -0.1) is 0 Å². The lowest BCUT2D eigenvalue weighted by Gasteiger charge is -2.33. The summed E-state index contributed by atoms with van der Waals surface area (Å²) in [5.41, 5.74) is 0.0941. The van der Waals surface area contributed by atoms with Crippen molar-refractivity contribution in [3.63, 3.8) is 0 Å². The van der Waals surface area contributed by atoms with Crippen LogP contribution < -0.4 is 0 Å². The standard InChI is InChI=1S/C11H24O4Si/c1-5-11(13-9-10-8-12-10)16(4,14-6-2)15-7-3/h10-11H,5-9H2,1-4H3. The Labute approximate surface area is 99.5 Å². The number of epoxide rings is 1. The van der Waals surface area contributed by atoms with E-state index in [0.29, 0.717) is 25.9 Å². The molecule has 0 aromatic carbocycles. The van der Waals surface area contributed by atoms with Crippen LogP contribution in [0.15, 0.2) is 0 Å². The molecular formula is C11H24O4Si. The smallest absolute Gasteiger partial charge is 0.364 e. The van der Waals surface area contributed by atoms with E-state index in [1.165, 1.54) is 0 Å². The van der Waals surface area contributed by atoms with Crippen LogP contribution in [0.5, 0.6) is 0 Å². The maximum atomic E-state index is 5.87. The van der Waals surface area contributed by atoms with Crippen LogP contribution >= 0.6 is 0 Å². The molecule has 5 heteroatoms. The van der Waals surface area contributed by atoms with Gasteiger partial charge in [0.15, 0.2) is 0 Å². The quantitative estimate of drug-likeness (QED) is 0.461. The molecule has 2 atom stereocenters. The fraction of sp³-hybridized carbons (Fsp3) is 1.00. The topological polar surface area (TPSA) is 40.2 Å². The summed E-state index contributed by atoms with van der Waals surface area (Å²) in [7, 11) is -2.20. The Kier molecular flexibility index (Phi) is 5.92. The van der Waals surface area contributed by atoms with Gasteiger partial charge < -0.3 is 18.3 Å². The van der Waals surface area contributed by atoms with E-state index in [1.54, 1.807) is 0 Å². The van der Waals surface area contributed by atoms with Crippen molar-refractivity contribution < 1.29 is 18.3 Å². The summed E-state index contributed by atoms with van der Waals surface area (Å²) in [6.45, 7) is 11.1. The fourth-order valence-corrected chi connectivity index (χ4v) is 4.57. The highest BCUT2D eigenvalue weighted by molar-refractivity contribution is 6.67. The monoisotopic (exact) mass is 248 g/mol. The van der Waals surface area contributed by atoms with E-state index >= 15 is 0 Å². The predicted molar refractivity (Wildman–Crippen MR) is 64.6 cm³/mol. The van der Waals surface area contributed by atoms with E-state index in [0.717, 1.165) is 13.0 Å². The lowest BCUT2D eigenvalue weighted by atomic mass is 10.5. The Balaban J connectivity index is 2.47. The van der Waals surface area contributed by atoms with Crippen molar-refractivity contribution in [2.75, 3.05) is 26.4 Å². The van der Waals surface area contributed by atoms with Crippen molar-refractivity contribution in [1.29, 1.82) is 0 Å². The van der Waals surface area contributed by atoms with Crippen molar-refractivity contribution in [2.24, 2.45) is 0 Å². The normalized spacial score (nSPS) is 22.1. The average Bonchev–Trinajstić information content (AvgIpc) is 3.03. The predicted octanol–water partition coefficient (Wildman–Crippen LogP) is 1.86. The van der Waals surface area contributed by atoms with Gasteiger partial charge in [-0.3, -0.25) is 0 Å². The first-order valence-corrected chi connectivity index (χ1v) is 8.56. The Morgan fingerprint density at radius 3 is 2.19 bits per heavy atom. The van der Waals surface area contributed by atoms with E-state index in [4.69, 9.17) is 18.3 Å². The third-order valence-electron chi connectivity index (χ3n) is 2.70. The highest BCUT2D eigenvalue weighted by atomic mass is 28.4. The average molecular weight is 248 g/mol. The number of ether oxygens (including phenoxy) is 2. The first kappa shape index (κ1) is 14.1. The SMILES string of the molecule is CCO[Si](C)(OCC)C(CC)OCC1CO1. The molecule has 1 saturated heterocycles. The van der Waals surface area contributed by atoms with Crippen molar-refractivity contribution in [1.82, 2.24) is 0 Å². The molecule has 0 bridgehead atoms. The van der Waals surface area contributed by atoms with Crippen molar-refractivity contribution in [3.8, 4) is 0 Å². The Morgan fingerprint density at radius 1 is 1.25 bits per heavy atom. The van der Waals surface area contributed by atoms with Gasteiger partial charge in [0.2, 0.25) is 0 Å². The molecule has 4 nitrogen and oxygen atoms in total. The second-order valence-electron chi connectivity index (χ2n) is 4.07. The second-order valence-corrected chi connectivity index (χ2v) is 7.32. The summed E-state index contributed by atoms with van der Waals surface area (Å²) < 4.78 is 22.7. The molecular weight excluding hydrogens is 224 g/mol. The molecule has 0 aromatic heterocycles. The van der Waals surface area contributed by atoms with Gasteiger partial charge in [-0.2, -0.15) is 0 Å². The van der Waals surface area contributed by atoms with Gasteiger partial charge in [0.25, 0.3) is 0 Å². The van der Waals surface area contributed by atoms with Crippen LogP contribution in [0.4, 0.5) is 0 Å². The summed E-state index contributed by atoms with van der Waals surface area (Å²) >= 11 is 0. The molecule has 1 rings (SSSR count). The van der Waals surface area contributed by atoms with Gasteiger partial charge in [0.1, 0.15) is 11.8 Å². The zero-order valence-corrected chi connectivity index (χ0v) is 11.8. The summed E-state index contributed by atoms with van der Waals surface area (Å²) in [5, 5.41) is 0. The van der Waals surface area contributed by atoms with Gasteiger partial charge >= 0.3 is 8.56 Å². The van der Waals surface area contributed by atoms with E-state index in [2.05, 4.69) is 13.5 Å². The maximum Gasteiger partial charge on any atom is 0.364 e. The second kappa shape index (κ2) is 6.71. The molecule has 1 aliphatic heterocycles. The molecule has 0 N–H and O–H groups in total.